The van der Waals surface area contributed by atoms with Gasteiger partial charge in [0, 0.05) is 11.8 Å². The zero-order valence-electron chi connectivity index (χ0n) is 6.43. The molecule has 0 radical (unpaired) electrons. The first-order valence-corrected chi connectivity index (χ1v) is 4.48. The number of halogens is 4. The second-order valence-corrected chi connectivity index (χ2v) is 4.08. The number of carbonyl (C=O) groups excluding carboxylic acids is 1. The molecule has 74 valence electrons. The van der Waals surface area contributed by atoms with Crippen molar-refractivity contribution in [3.05, 3.63) is 10.6 Å². The van der Waals surface area contributed by atoms with E-state index >= 15 is 0 Å². The summed E-state index contributed by atoms with van der Waals surface area (Å²) < 4.78 is 37.3. The van der Waals surface area contributed by atoms with Crippen LogP contribution in [0.25, 0.3) is 0 Å². The van der Waals surface area contributed by atoms with Crippen molar-refractivity contribution in [3.63, 3.8) is 0 Å². The van der Waals surface area contributed by atoms with Crippen LogP contribution in [0.5, 0.6) is 0 Å². The first kappa shape index (κ1) is 10.7. The summed E-state index contributed by atoms with van der Waals surface area (Å²) in [6.45, 7) is 1.49. The van der Waals surface area contributed by atoms with Crippen molar-refractivity contribution in [2.75, 3.05) is 0 Å². The largest absolute Gasteiger partial charge is 0.433 e. The fourth-order valence-electron chi connectivity index (χ4n) is 0.917. The highest BCUT2D eigenvalue weighted by Crippen LogP contribution is 2.45. The Morgan fingerprint density at radius 1 is 1.62 bits per heavy atom. The number of hydrogen-bond donors (Lipinski definition) is 0. The Morgan fingerprint density at radius 2 is 2.15 bits per heavy atom. The van der Waals surface area contributed by atoms with Gasteiger partial charge in [0.1, 0.15) is 0 Å². The predicted molar refractivity (Wildman–Crippen MR) is 43.9 cm³/mol. The van der Waals surface area contributed by atoms with Crippen molar-refractivity contribution in [2.45, 2.75) is 18.5 Å². The van der Waals surface area contributed by atoms with Crippen LogP contribution in [0.15, 0.2) is 10.6 Å². The van der Waals surface area contributed by atoms with Crippen LogP contribution in [0.4, 0.5) is 13.2 Å². The quantitative estimate of drug-likeness (QED) is 0.511. The predicted octanol–water partition coefficient (Wildman–Crippen LogP) is 2.51. The molecule has 1 atom stereocenters. The molecule has 0 saturated carbocycles. The summed E-state index contributed by atoms with van der Waals surface area (Å²) in [5.74, 6) is 0. The molecular weight excluding hydrogens is 227 g/mol. The van der Waals surface area contributed by atoms with Crippen molar-refractivity contribution in [3.8, 4) is 0 Å². The maximum atomic E-state index is 12.3. The van der Waals surface area contributed by atoms with E-state index in [0.717, 1.165) is 11.8 Å². The van der Waals surface area contributed by atoms with Gasteiger partial charge in [0.15, 0.2) is 12.0 Å². The number of rotatable bonds is 1. The molecular formula is C6H5ClF3NOS. The molecule has 0 fully saturated rings. The molecule has 7 heteroatoms. The van der Waals surface area contributed by atoms with Crippen LogP contribution in [-0.2, 0) is 4.79 Å². The van der Waals surface area contributed by atoms with Gasteiger partial charge in [-0.3, -0.25) is 9.21 Å². The number of thioether (sulfide) groups is 1. The van der Waals surface area contributed by atoms with Gasteiger partial charge in [-0.15, -0.1) is 0 Å². The van der Waals surface area contributed by atoms with E-state index in [2.05, 4.69) is 0 Å². The Labute approximate surface area is 81.8 Å². The second-order valence-electron chi connectivity index (χ2n) is 2.36. The van der Waals surface area contributed by atoms with E-state index in [4.69, 9.17) is 11.8 Å². The van der Waals surface area contributed by atoms with Gasteiger partial charge in [-0.2, -0.15) is 13.2 Å². The lowest BCUT2D eigenvalue weighted by molar-refractivity contribution is -0.110. The molecule has 13 heavy (non-hydrogen) atoms. The number of carbonyl (C=O) groups is 1. The van der Waals surface area contributed by atoms with Crippen LogP contribution in [0.3, 0.4) is 0 Å². The minimum Gasteiger partial charge on any atom is -0.297 e. The molecule has 1 heterocycles. The molecule has 1 aliphatic rings. The average molecular weight is 232 g/mol. The Bertz CT molecular complexity index is 265. The molecule has 0 saturated heterocycles. The first-order chi connectivity index (χ1) is 5.88. The van der Waals surface area contributed by atoms with E-state index in [1.54, 1.807) is 0 Å². The lowest BCUT2D eigenvalue weighted by Crippen LogP contribution is -2.25. The number of nitrogens with zero attached hydrogens (tertiary/aromatic N) is 1. The lowest BCUT2D eigenvalue weighted by Gasteiger charge is -2.18. The minimum atomic E-state index is -4.57. The maximum absolute atomic E-state index is 12.3. The fourth-order valence-corrected chi connectivity index (χ4v) is 2.22. The number of allylic oxidation sites excluding steroid dienone is 2. The Hall–Kier alpha value is -0.360. The van der Waals surface area contributed by atoms with E-state index in [1.807, 2.05) is 0 Å². The van der Waals surface area contributed by atoms with Crippen LogP contribution in [0.2, 0.25) is 0 Å². The third-order valence-electron chi connectivity index (χ3n) is 1.44. The van der Waals surface area contributed by atoms with Gasteiger partial charge < -0.3 is 0 Å². The van der Waals surface area contributed by atoms with Gasteiger partial charge in [0.05, 0.1) is 10.3 Å². The van der Waals surface area contributed by atoms with Crippen molar-refractivity contribution in [2.24, 2.45) is 0 Å². The van der Waals surface area contributed by atoms with E-state index in [-0.39, 0.29) is 11.2 Å². The molecule has 0 N–H and O–H groups in total. The van der Waals surface area contributed by atoms with Crippen LogP contribution < -0.4 is 0 Å². The standard InChI is InChI=1S/C6H5ClF3NOS/c1-3-11(7)5(6(8,9)10)4(2-12)13-3/h2-3H,1H3. The second kappa shape index (κ2) is 3.42. The smallest absolute Gasteiger partial charge is 0.297 e. The highest BCUT2D eigenvalue weighted by molar-refractivity contribution is 8.04. The molecule has 0 aliphatic carbocycles. The SMILES string of the molecule is CC1SC(C=O)=C(C(F)(F)F)N1Cl. The van der Waals surface area contributed by atoms with Crippen LogP contribution in [-0.4, -0.2) is 22.3 Å². The molecule has 1 rings (SSSR count). The summed E-state index contributed by atoms with van der Waals surface area (Å²) in [6, 6.07) is 0. The molecule has 0 bridgehead atoms. The summed E-state index contributed by atoms with van der Waals surface area (Å²) in [5.41, 5.74) is -1.07. The van der Waals surface area contributed by atoms with Gasteiger partial charge >= 0.3 is 6.18 Å². The minimum absolute atomic E-state index is 0.173. The van der Waals surface area contributed by atoms with Gasteiger partial charge in [0.25, 0.3) is 0 Å². The molecule has 0 aromatic heterocycles. The molecule has 2 nitrogen and oxygen atoms in total. The third-order valence-corrected chi connectivity index (χ3v) is 3.11. The van der Waals surface area contributed by atoms with Crippen molar-refractivity contribution in [1.29, 1.82) is 0 Å². The van der Waals surface area contributed by atoms with E-state index < -0.39 is 17.2 Å². The molecule has 1 unspecified atom stereocenters. The van der Waals surface area contributed by atoms with Crippen LogP contribution in [0, 0.1) is 0 Å². The van der Waals surface area contributed by atoms with Gasteiger partial charge in [-0.05, 0) is 6.92 Å². The summed E-state index contributed by atoms with van der Waals surface area (Å²) >= 11 is 6.16. The van der Waals surface area contributed by atoms with Gasteiger partial charge in [0.2, 0.25) is 0 Å². The summed E-state index contributed by atoms with van der Waals surface area (Å²) in [4.78, 5) is 9.93. The normalized spacial score (nSPS) is 24.1. The van der Waals surface area contributed by atoms with Crippen molar-refractivity contribution < 1.29 is 18.0 Å². The Balaban J connectivity index is 3.08. The van der Waals surface area contributed by atoms with E-state index in [9.17, 15) is 18.0 Å². The number of alkyl halides is 3. The lowest BCUT2D eigenvalue weighted by atomic mass is 10.4. The third kappa shape index (κ3) is 1.94. The fraction of sp³-hybridized carbons (Fsp3) is 0.500. The van der Waals surface area contributed by atoms with Gasteiger partial charge in [-0.25, -0.2) is 0 Å². The van der Waals surface area contributed by atoms with E-state index in [0.29, 0.717) is 4.42 Å². The number of aldehydes is 1. The zero-order valence-corrected chi connectivity index (χ0v) is 8.00. The summed E-state index contributed by atoms with van der Waals surface area (Å²) in [6.07, 6.45) is -4.40. The van der Waals surface area contributed by atoms with Crippen LogP contribution in [0.1, 0.15) is 6.92 Å². The molecule has 0 spiro atoms. The maximum Gasteiger partial charge on any atom is 0.433 e. The average Bonchev–Trinajstić information content (AvgIpc) is 2.26. The highest BCUT2D eigenvalue weighted by Gasteiger charge is 2.45. The zero-order chi connectivity index (χ0) is 10.2. The topological polar surface area (TPSA) is 20.3 Å². The molecule has 0 aromatic carbocycles. The Kier molecular flexibility index (Phi) is 2.82. The van der Waals surface area contributed by atoms with Crippen LogP contribution >= 0.6 is 23.5 Å². The van der Waals surface area contributed by atoms with Crippen molar-refractivity contribution in [1.82, 2.24) is 4.42 Å². The monoisotopic (exact) mass is 231 g/mol. The summed E-state index contributed by atoms with van der Waals surface area (Å²) in [5, 5.41) is -0.571. The molecule has 1 aliphatic heterocycles. The first-order valence-electron chi connectivity index (χ1n) is 3.26. The number of hydrogen-bond acceptors (Lipinski definition) is 3. The summed E-state index contributed by atoms with van der Waals surface area (Å²) in [7, 11) is 0. The highest BCUT2D eigenvalue weighted by atomic mass is 35.5. The van der Waals surface area contributed by atoms with E-state index in [1.165, 1.54) is 6.92 Å². The Morgan fingerprint density at radius 3 is 2.46 bits per heavy atom. The van der Waals surface area contributed by atoms with Crippen molar-refractivity contribution >= 4 is 29.8 Å². The van der Waals surface area contributed by atoms with Gasteiger partial charge in [-0.1, -0.05) is 11.8 Å². The molecule has 0 aromatic rings. The molecule has 0 amide bonds.